The molecule has 0 saturated heterocycles. The van der Waals surface area contributed by atoms with Crippen LogP contribution in [0.1, 0.15) is 18.4 Å². The Morgan fingerprint density at radius 1 is 1.08 bits per heavy atom. The van der Waals surface area contributed by atoms with Crippen molar-refractivity contribution in [2.75, 3.05) is 18.4 Å². The molecule has 4 heteroatoms. The summed E-state index contributed by atoms with van der Waals surface area (Å²) >= 11 is 2.24. The highest BCUT2D eigenvalue weighted by Gasteiger charge is 2.15. The van der Waals surface area contributed by atoms with E-state index >= 15 is 0 Å². The number of rotatable bonds is 5. The van der Waals surface area contributed by atoms with Gasteiger partial charge in [-0.25, -0.2) is 0 Å². The normalized spacial score (nSPS) is 15.0. The van der Waals surface area contributed by atoms with Crippen LogP contribution < -0.4 is 5.32 Å². The third-order valence-electron chi connectivity index (χ3n) is 4.17. The molecular formula is C20H21IN2O. The number of amides is 1. The molecule has 1 N–H and O–H groups in total. The number of hydrogen-bond donors (Lipinski definition) is 1. The van der Waals surface area contributed by atoms with Crippen LogP contribution in [0.3, 0.4) is 0 Å². The summed E-state index contributed by atoms with van der Waals surface area (Å²) in [6.07, 6.45) is 3.66. The van der Waals surface area contributed by atoms with Gasteiger partial charge in [-0.15, -0.1) is 0 Å². The molecule has 0 aliphatic carbocycles. The summed E-state index contributed by atoms with van der Waals surface area (Å²) in [5, 5.41) is 3.01. The number of nitrogens with one attached hydrogen (secondary N) is 1. The molecule has 0 bridgehead atoms. The van der Waals surface area contributed by atoms with E-state index in [1.807, 2.05) is 30.3 Å². The van der Waals surface area contributed by atoms with Crippen molar-refractivity contribution in [3.63, 3.8) is 0 Å². The molecule has 0 aromatic heterocycles. The number of halogens is 1. The minimum absolute atomic E-state index is 0.0712. The molecule has 0 radical (unpaired) electrons. The first-order valence-corrected chi connectivity index (χ1v) is 9.27. The van der Waals surface area contributed by atoms with Crippen LogP contribution in [0.4, 0.5) is 5.69 Å². The van der Waals surface area contributed by atoms with Gasteiger partial charge in [0.05, 0.1) is 5.69 Å². The topological polar surface area (TPSA) is 32.3 Å². The maximum atomic E-state index is 12.2. The van der Waals surface area contributed by atoms with E-state index < -0.39 is 0 Å². The van der Waals surface area contributed by atoms with Crippen LogP contribution in [-0.2, 0) is 11.3 Å². The molecule has 1 aliphatic rings. The molecule has 3 nitrogen and oxygen atoms in total. The quantitative estimate of drug-likeness (QED) is 0.560. The van der Waals surface area contributed by atoms with E-state index in [9.17, 15) is 4.79 Å². The van der Waals surface area contributed by atoms with Gasteiger partial charge in [-0.05, 0) is 46.7 Å². The van der Waals surface area contributed by atoms with E-state index in [1.165, 1.54) is 11.1 Å². The van der Waals surface area contributed by atoms with Gasteiger partial charge in [0.1, 0.15) is 0 Å². The summed E-state index contributed by atoms with van der Waals surface area (Å²) < 4.78 is 1.06. The molecule has 2 aromatic carbocycles. The molecule has 0 atom stereocenters. The average molecular weight is 432 g/mol. The fourth-order valence-corrected chi connectivity index (χ4v) is 3.38. The Bertz CT molecular complexity index is 727. The molecule has 0 spiro atoms. The predicted molar refractivity (Wildman–Crippen MR) is 107 cm³/mol. The lowest BCUT2D eigenvalue weighted by Gasteiger charge is -2.26. The van der Waals surface area contributed by atoms with Gasteiger partial charge >= 0.3 is 0 Å². The number of para-hydroxylation sites is 1. The van der Waals surface area contributed by atoms with E-state index in [1.54, 1.807) is 0 Å². The second kappa shape index (κ2) is 8.44. The van der Waals surface area contributed by atoms with Crippen LogP contribution in [0.15, 0.2) is 66.2 Å². The minimum atomic E-state index is 0.0712. The number of anilines is 1. The zero-order chi connectivity index (χ0) is 16.8. The SMILES string of the molecule is O=C(CC1=CCN(Cc2ccccc2)CC1)Nc1ccccc1I. The fraction of sp³-hybridized carbons (Fsp3) is 0.250. The monoisotopic (exact) mass is 432 g/mol. The zero-order valence-electron chi connectivity index (χ0n) is 13.5. The van der Waals surface area contributed by atoms with Crippen molar-refractivity contribution >= 4 is 34.2 Å². The summed E-state index contributed by atoms with van der Waals surface area (Å²) in [6, 6.07) is 18.4. The van der Waals surface area contributed by atoms with Gasteiger partial charge in [-0.2, -0.15) is 0 Å². The molecule has 124 valence electrons. The predicted octanol–water partition coefficient (Wildman–Crippen LogP) is 4.45. The van der Waals surface area contributed by atoms with Crippen molar-refractivity contribution in [2.24, 2.45) is 0 Å². The maximum Gasteiger partial charge on any atom is 0.228 e. The lowest BCUT2D eigenvalue weighted by atomic mass is 10.0. The molecule has 2 aromatic rings. The first-order valence-electron chi connectivity index (χ1n) is 8.19. The Morgan fingerprint density at radius 2 is 1.83 bits per heavy atom. The van der Waals surface area contributed by atoms with Gasteiger partial charge in [-0.3, -0.25) is 9.69 Å². The van der Waals surface area contributed by atoms with Crippen molar-refractivity contribution in [1.82, 2.24) is 4.90 Å². The molecular weight excluding hydrogens is 411 g/mol. The van der Waals surface area contributed by atoms with Gasteiger partial charge < -0.3 is 5.32 Å². The fourth-order valence-electron chi connectivity index (χ4n) is 2.86. The highest BCUT2D eigenvalue weighted by atomic mass is 127. The molecule has 24 heavy (non-hydrogen) atoms. The van der Waals surface area contributed by atoms with Gasteiger partial charge in [-0.1, -0.05) is 54.1 Å². The van der Waals surface area contributed by atoms with Gasteiger partial charge in [0, 0.05) is 29.6 Å². The van der Waals surface area contributed by atoms with E-state index in [4.69, 9.17) is 0 Å². The summed E-state index contributed by atoms with van der Waals surface area (Å²) in [5.74, 6) is 0.0712. The van der Waals surface area contributed by atoms with Crippen molar-refractivity contribution in [3.8, 4) is 0 Å². The third-order valence-corrected chi connectivity index (χ3v) is 5.11. The molecule has 3 rings (SSSR count). The van der Waals surface area contributed by atoms with Crippen molar-refractivity contribution in [3.05, 3.63) is 75.4 Å². The van der Waals surface area contributed by atoms with Crippen molar-refractivity contribution in [1.29, 1.82) is 0 Å². The van der Waals surface area contributed by atoms with E-state index in [-0.39, 0.29) is 5.91 Å². The summed E-state index contributed by atoms with van der Waals surface area (Å²) in [4.78, 5) is 14.7. The molecule has 0 unspecified atom stereocenters. The maximum absolute atomic E-state index is 12.2. The lowest BCUT2D eigenvalue weighted by molar-refractivity contribution is -0.115. The number of benzene rings is 2. The second-order valence-corrected chi connectivity index (χ2v) is 7.20. The van der Waals surface area contributed by atoms with Gasteiger partial charge in [0.2, 0.25) is 5.91 Å². The highest BCUT2D eigenvalue weighted by molar-refractivity contribution is 14.1. The van der Waals surface area contributed by atoms with Crippen LogP contribution in [0.5, 0.6) is 0 Å². The summed E-state index contributed by atoms with van der Waals surface area (Å²) in [5.41, 5.74) is 3.47. The molecule has 0 fully saturated rings. The Balaban J connectivity index is 1.50. The third kappa shape index (κ3) is 4.92. The van der Waals surface area contributed by atoms with Crippen LogP contribution in [0.25, 0.3) is 0 Å². The number of carbonyl (C=O) groups excluding carboxylic acids is 1. The number of nitrogens with zero attached hydrogens (tertiary/aromatic N) is 1. The smallest absolute Gasteiger partial charge is 0.228 e. The van der Waals surface area contributed by atoms with Crippen molar-refractivity contribution in [2.45, 2.75) is 19.4 Å². The number of hydrogen-bond acceptors (Lipinski definition) is 2. The first kappa shape index (κ1) is 17.2. The van der Waals surface area contributed by atoms with Crippen LogP contribution in [-0.4, -0.2) is 23.9 Å². The second-order valence-electron chi connectivity index (χ2n) is 6.04. The molecule has 1 heterocycles. The Kier molecular flexibility index (Phi) is 6.04. The largest absolute Gasteiger partial charge is 0.325 e. The van der Waals surface area contributed by atoms with Crippen molar-refractivity contribution < 1.29 is 4.79 Å². The highest BCUT2D eigenvalue weighted by Crippen LogP contribution is 2.20. The van der Waals surface area contributed by atoms with E-state index in [0.717, 1.165) is 35.3 Å². The first-order chi connectivity index (χ1) is 11.7. The Labute approximate surface area is 156 Å². The average Bonchev–Trinajstić information content (AvgIpc) is 2.60. The molecule has 1 aliphatic heterocycles. The lowest BCUT2D eigenvalue weighted by Crippen LogP contribution is -2.29. The van der Waals surface area contributed by atoms with Crippen LogP contribution >= 0.6 is 22.6 Å². The Hall–Kier alpha value is -1.66. The zero-order valence-corrected chi connectivity index (χ0v) is 15.7. The van der Waals surface area contributed by atoms with Crippen LogP contribution in [0.2, 0.25) is 0 Å². The van der Waals surface area contributed by atoms with Gasteiger partial charge in [0.25, 0.3) is 0 Å². The molecule has 1 amide bonds. The van der Waals surface area contributed by atoms with Crippen LogP contribution in [0, 0.1) is 3.57 Å². The number of carbonyl (C=O) groups is 1. The molecule has 0 saturated carbocycles. The van der Waals surface area contributed by atoms with E-state index in [0.29, 0.717) is 6.42 Å². The standard InChI is InChI=1S/C20H21IN2O/c21-18-8-4-5-9-19(18)22-20(24)14-16-10-12-23(13-11-16)15-17-6-2-1-3-7-17/h1-10H,11-15H2,(H,22,24). The van der Waals surface area contributed by atoms with Gasteiger partial charge in [0.15, 0.2) is 0 Å². The Morgan fingerprint density at radius 3 is 2.54 bits per heavy atom. The summed E-state index contributed by atoms with van der Waals surface area (Å²) in [6.45, 7) is 2.90. The summed E-state index contributed by atoms with van der Waals surface area (Å²) in [7, 11) is 0. The minimum Gasteiger partial charge on any atom is -0.325 e. The van der Waals surface area contributed by atoms with E-state index in [2.05, 4.69) is 63.1 Å².